The molecule has 116 valence electrons. The summed E-state index contributed by atoms with van der Waals surface area (Å²) < 4.78 is 3.99. The Bertz CT molecular complexity index is 569. The van der Waals surface area contributed by atoms with Crippen molar-refractivity contribution in [1.29, 1.82) is 0 Å². The van der Waals surface area contributed by atoms with Crippen LogP contribution in [0.15, 0.2) is 18.5 Å². The summed E-state index contributed by atoms with van der Waals surface area (Å²) in [6.07, 6.45) is 6.04. The van der Waals surface area contributed by atoms with Crippen LogP contribution in [0.3, 0.4) is 0 Å². The van der Waals surface area contributed by atoms with E-state index >= 15 is 0 Å². The van der Waals surface area contributed by atoms with Crippen molar-refractivity contribution in [3.63, 3.8) is 0 Å². The van der Waals surface area contributed by atoms with E-state index in [1.807, 2.05) is 17.9 Å². The Morgan fingerprint density at radius 1 is 1.33 bits per heavy atom. The van der Waals surface area contributed by atoms with E-state index in [1.165, 1.54) is 11.3 Å². The van der Waals surface area contributed by atoms with Crippen molar-refractivity contribution in [1.82, 2.24) is 24.9 Å². The van der Waals surface area contributed by atoms with Crippen molar-refractivity contribution in [2.75, 3.05) is 6.54 Å². The third-order valence-electron chi connectivity index (χ3n) is 4.22. The van der Waals surface area contributed by atoms with Crippen LogP contribution >= 0.6 is 0 Å². The summed E-state index contributed by atoms with van der Waals surface area (Å²) in [5, 5.41) is 12.6. The number of aryl methyl sites for hydroxylation is 1. The third kappa shape index (κ3) is 3.53. The molecule has 5 nitrogen and oxygen atoms in total. The number of likely N-dealkylation sites (N-methyl/N-ethyl adjacent to an activating group) is 1. The second-order valence-corrected chi connectivity index (χ2v) is 5.67. The second kappa shape index (κ2) is 6.89. The van der Waals surface area contributed by atoms with Gasteiger partial charge in [-0.15, -0.1) is 0 Å². The van der Waals surface area contributed by atoms with E-state index in [2.05, 4.69) is 55.1 Å². The van der Waals surface area contributed by atoms with Crippen LogP contribution in [-0.4, -0.2) is 26.1 Å². The molecule has 0 aromatic carbocycles. The van der Waals surface area contributed by atoms with Gasteiger partial charge in [0, 0.05) is 43.0 Å². The maximum absolute atomic E-state index is 4.71. The average Bonchev–Trinajstić information content (AvgIpc) is 3.06. The quantitative estimate of drug-likeness (QED) is 0.852. The molecule has 0 fully saturated rings. The third-order valence-corrected chi connectivity index (χ3v) is 4.22. The smallest absolute Gasteiger partial charge is 0.0643 e. The number of hydrogen-bond acceptors (Lipinski definition) is 3. The highest BCUT2D eigenvalue weighted by molar-refractivity contribution is 5.22. The van der Waals surface area contributed by atoms with Gasteiger partial charge in [0.05, 0.1) is 11.9 Å². The molecule has 0 amide bonds. The topological polar surface area (TPSA) is 47.7 Å². The van der Waals surface area contributed by atoms with Crippen LogP contribution in [0.1, 0.15) is 56.2 Å². The van der Waals surface area contributed by atoms with Gasteiger partial charge in [-0.1, -0.05) is 13.8 Å². The molecule has 0 bridgehead atoms. The van der Waals surface area contributed by atoms with E-state index in [-0.39, 0.29) is 6.04 Å². The second-order valence-electron chi connectivity index (χ2n) is 5.67. The molecule has 0 saturated heterocycles. The van der Waals surface area contributed by atoms with Gasteiger partial charge in [-0.05, 0) is 32.9 Å². The summed E-state index contributed by atoms with van der Waals surface area (Å²) in [6, 6.07) is 2.85. The first-order valence-corrected chi connectivity index (χ1v) is 7.82. The number of aromatic nitrogens is 4. The number of hydrogen-bond donors (Lipinski definition) is 1. The molecule has 0 spiro atoms. The summed E-state index contributed by atoms with van der Waals surface area (Å²) >= 11 is 0. The van der Waals surface area contributed by atoms with Gasteiger partial charge >= 0.3 is 0 Å². The zero-order valence-electron chi connectivity index (χ0n) is 13.8. The highest BCUT2D eigenvalue weighted by Crippen LogP contribution is 2.21. The van der Waals surface area contributed by atoms with E-state index in [4.69, 9.17) is 5.10 Å². The number of nitrogens with zero attached hydrogens (tertiary/aromatic N) is 4. The van der Waals surface area contributed by atoms with Crippen LogP contribution in [0.25, 0.3) is 0 Å². The Kier molecular flexibility index (Phi) is 5.17. The average molecular weight is 289 g/mol. The van der Waals surface area contributed by atoms with E-state index < -0.39 is 0 Å². The lowest BCUT2D eigenvalue weighted by atomic mass is 10.0. The van der Waals surface area contributed by atoms with Gasteiger partial charge in [-0.3, -0.25) is 9.36 Å². The van der Waals surface area contributed by atoms with E-state index in [0.717, 1.165) is 25.1 Å². The van der Waals surface area contributed by atoms with Crippen LogP contribution in [0, 0.1) is 6.92 Å². The first kappa shape index (κ1) is 15.8. The maximum Gasteiger partial charge on any atom is 0.0643 e. The van der Waals surface area contributed by atoms with E-state index in [1.54, 1.807) is 0 Å². The van der Waals surface area contributed by atoms with E-state index in [9.17, 15) is 0 Å². The van der Waals surface area contributed by atoms with Crippen molar-refractivity contribution in [2.24, 2.45) is 7.05 Å². The van der Waals surface area contributed by atoms with Crippen molar-refractivity contribution in [3.8, 4) is 0 Å². The summed E-state index contributed by atoms with van der Waals surface area (Å²) in [5.41, 5.74) is 3.60. The van der Waals surface area contributed by atoms with Crippen molar-refractivity contribution < 1.29 is 0 Å². The van der Waals surface area contributed by atoms with Crippen molar-refractivity contribution in [2.45, 2.75) is 52.6 Å². The molecule has 2 atom stereocenters. The molecule has 2 rings (SSSR count). The minimum absolute atomic E-state index is 0.268. The van der Waals surface area contributed by atoms with Crippen molar-refractivity contribution in [3.05, 3.63) is 35.4 Å². The maximum atomic E-state index is 4.71. The minimum atomic E-state index is 0.268. The molecule has 1 N–H and O–H groups in total. The predicted octanol–water partition coefficient (Wildman–Crippen LogP) is 2.79. The summed E-state index contributed by atoms with van der Waals surface area (Å²) in [7, 11) is 1.99. The standard InChI is InChI=1S/C16H27N5/c1-6-12(3)21-9-8-14(19-21)10-16(17-7-2)15-11-18-20(5)13(15)4/h8-9,11-12,16-17H,6-7,10H2,1-5H3. The molecular weight excluding hydrogens is 262 g/mol. The molecule has 2 heterocycles. The fraction of sp³-hybridized carbons (Fsp3) is 0.625. The molecular formula is C16H27N5. The normalized spacial score (nSPS) is 14.3. The molecule has 2 aromatic rings. The number of rotatable bonds is 7. The monoisotopic (exact) mass is 289 g/mol. The van der Waals surface area contributed by atoms with Crippen LogP contribution in [-0.2, 0) is 13.5 Å². The highest BCUT2D eigenvalue weighted by Gasteiger charge is 2.18. The van der Waals surface area contributed by atoms with Crippen LogP contribution in [0.5, 0.6) is 0 Å². The van der Waals surface area contributed by atoms with Gasteiger partial charge in [0.1, 0.15) is 0 Å². The van der Waals surface area contributed by atoms with E-state index in [0.29, 0.717) is 6.04 Å². The zero-order valence-corrected chi connectivity index (χ0v) is 13.8. The largest absolute Gasteiger partial charge is 0.310 e. The molecule has 0 aliphatic rings. The Balaban J connectivity index is 2.16. The van der Waals surface area contributed by atoms with Gasteiger partial charge < -0.3 is 5.32 Å². The summed E-state index contributed by atoms with van der Waals surface area (Å²) in [5.74, 6) is 0. The van der Waals surface area contributed by atoms with Gasteiger partial charge in [0.15, 0.2) is 0 Å². The highest BCUT2D eigenvalue weighted by atomic mass is 15.3. The summed E-state index contributed by atoms with van der Waals surface area (Å²) in [6.45, 7) is 9.57. The lowest BCUT2D eigenvalue weighted by Crippen LogP contribution is -2.23. The van der Waals surface area contributed by atoms with Crippen molar-refractivity contribution >= 4 is 0 Å². The zero-order chi connectivity index (χ0) is 15.4. The molecule has 2 unspecified atom stereocenters. The Morgan fingerprint density at radius 3 is 2.67 bits per heavy atom. The SMILES string of the molecule is CCNC(Cc1ccn(C(C)CC)n1)c1cnn(C)c1C. The molecule has 5 heteroatoms. The first-order valence-electron chi connectivity index (χ1n) is 7.82. The molecule has 21 heavy (non-hydrogen) atoms. The Morgan fingerprint density at radius 2 is 2.10 bits per heavy atom. The molecule has 2 aromatic heterocycles. The first-order chi connectivity index (χ1) is 10.1. The predicted molar refractivity (Wildman–Crippen MR) is 85.3 cm³/mol. The Labute approximate surface area is 127 Å². The van der Waals surface area contributed by atoms with Gasteiger partial charge in [0.2, 0.25) is 0 Å². The lowest BCUT2D eigenvalue weighted by molar-refractivity contribution is 0.466. The lowest BCUT2D eigenvalue weighted by Gasteiger charge is -2.17. The van der Waals surface area contributed by atoms with Gasteiger partial charge in [-0.2, -0.15) is 10.2 Å². The molecule has 0 saturated carbocycles. The molecule has 0 aliphatic carbocycles. The number of nitrogens with one attached hydrogen (secondary N) is 1. The minimum Gasteiger partial charge on any atom is -0.310 e. The van der Waals surface area contributed by atoms with Crippen LogP contribution < -0.4 is 5.32 Å². The Hall–Kier alpha value is -1.62. The van der Waals surface area contributed by atoms with Gasteiger partial charge in [0.25, 0.3) is 0 Å². The van der Waals surface area contributed by atoms with Crippen LogP contribution in [0.4, 0.5) is 0 Å². The summed E-state index contributed by atoms with van der Waals surface area (Å²) in [4.78, 5) is 0. The fourth-order valence-electron chi connectivity index (χ4n) is 2.52. The van der Waals surface area contributed by atoms with Gasteiger partial charge in [-0.25, -0.2) is 0 Å². The molecule has 0 radical (unpaired) electrons. The fourth-order valence-corrected chi connectivity index (χ4v) is 2.52. The molecule has 0 aliphatic heterocycles. The van der Waals surface area contributed by atoms with Crippen LogP contribution in [0.2, 0.25) is 0 Å².